The Kier molecular flexibility index (Phi) is 2.52. The zero-order valence-corrected chi connectivity index (χ0v) is 10.2. The van der Waals surface area contributed by atoms with Crippen LogP contribution in [0, 0.1) is 6.92 Å². The third-order valence-corrected chi connectivity index (χ3v) is 3.10. The van der Waals surface area contributed by atoms with E-state index in [9.17, 15) is 0 Å². The number of nitrogen functional groups attached to an aromatic ring is 1. The molecule has 2 heterocycles. The minimum absolute atomic E-state index is 0.637. The second-order valence-corrected chi connectivity index (χ2v) is 4.27. The quantitative estimate of drug-likeness (QED) is 0.895. The van der Waals surface area contributed by atoms with Gasteiger partial charge in [-0.3, -0.25) is 4.68 Å². The minimum Gasteiger partial charge on any atom is -0.383 e. The van der Waals surface area contributed by atoms with Crippen LogP contribution < -0.4 is 5.73 Å². The Morgan fingerprint density at radius 3 is 2.60 bits per heavy atom. The maximum atomic E-state index is 5.83. The molecule has 0 bridgehead atoms. The van der Waals surface area contributed by atoms with Gasteiger partial charge in [-0.15, -0.1) is 0 Å². The molecule has 80 valence electrons. The standard InChI is InChI=1S/C9H12BrN5/c1-6-7(3-12-14(6)2)5-15-9(11)8(10)4-13-15/h3-4H,5,11H2,1-2H3. The van der Waals surface area contributed by atoms with Crippen molar-refractivity contribution < 1.29 is 0 Å². The predicted molar refractivity (Wildman–Crippen MR) is 61.4 cm³/mol. The Morgan fingerprint density at radius 2 is 2.13 bits per heavy atom. The van der Waals surface area contributed by atoms with Crippen molar-refractivity contribution in [1.82, 2.24) is 19.6 Å². The highest BCUT2D eigenvalue weighted by molar-refractivity contribution is 9.10. The van der Waals surface area contributed by atoms with Gasteiger partial charge in [-0.2, -0.15) is 10.2 Å². The number of halogens is 1. The molecule has 0 saturated heterocycles. The molecular weight excluding hydrogens is 258 g/mol. The van der Waals surface area contributed by atoms with Gasteiger partial charge in [0.2, 0.25) is 0 Å². The van der Waals surface area contributed by atoms with Crippen molar-refractivity contribution in [1.29, 1.82) is 0 Å². The van der Waals surface area contributed by atoms with Crippen LogP contribution >= 0.6 is 15.9 Å². The highest BCUT2D eigenvalue weighted by Crippen LogP contribution is 2.19. The van der Waals surface area contributed by atoms with E-state index in [-0.39, 0.29) is 0 Å². The summed E-state index contributed by atoms with van der Waals surface area (Å²) in [6.07, 6.45) is 3.53. The Balaban J connectivity index is 2.29. The van der Waals surface area contributed by atoms with Crippen molar-refractivity contribution in [3.05, 3.63) is 28.1 Å². The fourth-order valence-corrected chi connectivity index (χ4v) is 1.65. The molecular formula is C9H12BrN5. The molecule has 0 unspecified atom stereocenters. The van der Waals surface area contributed by atoms with Gasteiger partial charge < -0.3 is 5.73 Å². The lowest BCUT2D eigenvalue weighted by Crippen LogP contribution is -2.06. The van der Waals surface area contributed by atoms with E-state index >= 15 is 0 Å². The fraction of sp³-hybridized carbons (Fsp3) is 0.333. The van der Waals surface area contributed by atoms with Crippen LogP contribution in [0.2, 0.25) is 0 Å². The first-order valence-electron chi connectivity index (χ1n) is 4.54. The topological polar surface area (TPSA) is 61.7 Å². The first kappa shape index (κ1) is 10.2. The number of rotatable bonds is 2. The van der Waals surface area contributed by atoms with Crippen molar-refractivity contribution in [3.8, 4) is 0 Å². The molecule has 2 rings (SSSR count). The summed E-state index contributed by atoms with van der Waals surface area (Å²) in [6.45, 7) is 2.67. The summed E-state index contributed by atoms with van der Waals surface area (Å²) in [5, 5.41) is 8.34. The lowest BCUT2D eigenvalue weighted by molar-refractivity contribution is 0.687. The number of anilines is 1. The molecule has 2 N–H and O–H groups in total. The van der Waals surface area contributed by atoms with E-state index in [4.69, 9.17) is 5.73 Å². The SMILES string of the molecule is Cc1c(Cn2ncc(Br)c2N)cnn1C. The van der Waals surface area contributed by atoms with E-state index in [1.54, 1.807) is 10.9 Å². The Hall–Kier alpha value is -1.30. The number of nitrogens with zero attached hydrogens (tertiary/aromatic N) is 4. The average Bonchev–Trinajstić information content (AvgIpc) is 2.68. The van der Waals surface area contributed by atoms with Gasteiger partial charge in [0.05, 0.1) is 23.4 Å². The maximum Gasteiger partial charge on any atom is 0.136 e. The van der Waals surface area contributed by atoms with Crippen LogP contribution in [0.3, 0.4) is 0 Å². The second-order valence-electron chi connectivity index (χ2n) is 3.41. The first-order chi connectivity index (χ1) is 7.09. The molecule has 2 aromatic heterocycles. The van der Waals surface area contributed by atoms with Crippen LogP contribution in [0.4, 0.5) is 5.82 Å². The third-order valence-electron chi connectivity index (χ3n) is 2.49. The molecule has 0 aliphatic rings. The number of hydrogen-bond donors (Lipinski definition) is 1. The molecule has 0 radical (unpaired) electrons. The van der Waals surface area contributed by atoms with Crippen molar-refractivity contribution in [3.63, 3.8) is 0 Å². The third kappa shape index (κ3) is 1.77. The van der Waals surface area contributed by atoms with Crippen LogP contribution in [0.1, 0.15) is 11.3 Å². The normalized spacial score (nSPS) is 10.9. The van der Waals surface area contributed by atoms with Gasteiger partial charge >= 0.3 is 0 Å². The van der Waals surface area contributed by atoms with E-state index in [1.807, 2.05) is 24.9 Å². The summed E-state index contributed by atoms with van der Waals surface area (Å²) in [7, 11) is 1.92. The van der Waals surface area contributed by atoms with E-state index < -0.39 is 0 Å². The molecule has 15 heavy (non-hydrogen) atoms. The van der Waals surface area contributed by atoms with E-state index in [0.717, 1.165) is 15.7 Å². The zero-order valence-electron chi connectivity index (χ0n) is 8.61. The summed E-state index contributed by atoms with van der Waals surface area (Å²) in [5.41, 5.74) is 8.08. The molecule has 6 heteroatoms. The first-order valence-corrected chi connectivity index (χ1v) is 5.33. The molecule has 0 fully saturated rings. The summed E-state index contributed by atoms with van der Waals surface area (Å²) < 4.78 is 4.40. The highest BCUT2D eigenvalue weighted by atomic mass is 79.9. The van der Waals surface area contributed by atoms with Crippen LogP contribution in [-0.2, 0) is 13.6 Å². The van der Waals surface area contributed by atoms with Gasteiger partial charge in [-0.05, 0) is 22.9 Å². The maximum absolute atomic E-state index is 5.83. The Bertz CT molecular complexity index is 440. The lowest BCUT2D eigenvalue weighted by Gasteiger charge is -2.03. The summed E-state index contributed by atoms with van der Waals surface area (Å²) in [6, 6.07) is 0. The summed E-state index contributed by atoms with van der Waals surface area (Å²) in [4.78, 5) is 0. The number of aryl methyl sites for hydroxylation is 1. The Labute approximate surface area is 96.0 Å². The fourth-order valence-electron chi connectivity index (χ4n) is 1.36. The number of hydrogen-bond acceptors (Lipinski definition) is 3. The van der Waals surface area contributed by atoms with Gasteiger partial charge in [-0.25, -0.2) is 4.68 Å². The summed E-state index contributed by atoms with van der Waals surface area (Å²) >= 11 is 3.32. The predicted octanol–water partition coefficient (Wildman–Crippen LogP) is 1.32. The second kappa shape index (κ2) is 3.69. The summed E-state index contributed by atoms with van der Waals surface area (Å²) in [5.74, 6) is 0.637. The molecule has 2 aromatic rings. The van der Waals surface area contributed by atoms with E-state index in [0.29, 0.717) is 12.4 Å². The van der Waals surface area contributed by atoms with Gasteiger partial charge in [0, 0.05) is 18.3 Å². The molecule has 0 spiro atoms. The van der Waals surface area contributed by atoms with Crippen molar-refractivity contribution in [2.75, 3.05) is 5.73 Å². The largest absolute Gasteiger partial charge is 0.383 e. The van der Waals surface area contributed by atoms with Gasteiger partial charge in [-0.1, -0.05) is 0 Å². The monoisotopic (exact) mass is 269 g/mol. The Morgan fingerprint density at radius 1 is 1.40 bits per heavy atom. The van der Waals surface area contributed by atoms with Crippen molar-refractivity contribution in [2.24, 2.45) is 7.05 Å². The van der Waals surface area contributed by atoms with E-state index in [2.05, 4.69) is 26.1 Å². The highest BCUT2D eigenvalue weighted by Gasteiger charge is 2.08. The van der Waals surface area contributed by atoms with E-state index in [1.165, 1.54) is 0 Å². The molecule has 0 aliphatic heterocycles. The van der Waals surface area contributed by atoms with Crippen molar-refractivity contribution >= 4 is 21.7 Å². The number of nitrogens with two attached hydrogens (primary N) is 1. The van der Waals surface area contributed by atoms with Crippen LogP contribution in [-0.4, -0.2) is 19.6 Å². The minimum atomic E-state index is 0.637. The van der Waals surface area contributed by atoms with Gasteiger partial charge in [0.1, 0.15) is 5.82 Å². The molecule has 0 saturated carbocycles. The van der Waals surface area contributed by atoms with Gasteiger partial charge in [0.25, 0.3) is 0 Å². The zero-order chi connectivity index (χ0) is 11.0. The van der Waals surface area contributed by atoms with Crippen molar-refractivity contribution in [2.45, 2.75) is 13.5 Å². The molecule has 5 nitrogen and oxygen atoms in total. The van der Waals surface area contributed by atoms with Crippen LogP contribution in [0.5, 0.6) is 0 Å². The average molecular weight is 270 g/mol. The van der Waals surface area contributed by atoms with Gasteiger partial charge in [0.15, 0.2) is 0 Å². The van der Waals surface area contributed by atoms with Crippen LogP contribution in [0.15, 0.2) is 16.9 Å². The molecule has 0 amide bonds. The molecule has 0 atom stereocenters. The number of aromatic nitrogens is 4. The lowest BCUT2D eigenvalue weighted by atomic mass is 10.2. The molecule has 0 aliphatic carbocycles. The van der Waals surface area contributed by atoms with Crippen LogP contribution in [0.25, 0.3) is 0 Å². The smallest absolute Gasteiger partial charge is 0.136 e. The molecule has 0 aromatic carbocycles.